The predicted octanol–water partition coefficient (Wildman–Crippen LogP) is 1.41. The summed E-state index contributed by atoms with van der Waals surface area (Å²) in [5.41, 5.74) is 7.03. The van der Waals surface area contributed by atoms with Gasteiger partial charge in [0.2, 0.25) is 5.91 Å². The van der Waals surface area contributed by atoms with Crippen molar-refractivity contribution in [3.05, 3.63) is 54.1 Å². The van der Waals surface area contributed by atoms with Crippen LogP contribution in [0.25, 0.3) is 0 Å². The van der Waals surface area contributed by atoms with Gasteiger partial charge in [-0.15, -0.1) is 0 Å². The highest BCUT2D eigenvalue weighted by Crippen LogP contribution is 2.29. The minimum Gasteiger partial charge on any atom is -0.493 e. The zero-order valence-corrected chi connectivity index (χ0v) is 15.3. The first-order valence-corrected chi connectivity index (χ1v) is 8.72. The molecule has 0 atom stereocenters. The van der Waals surface area contributed by atoms with Gasteiger partial charge in [-0.25, -0.2) is 0 Å². The Morgan fingerprint density at radius 2 is 1.89 bits per heavy atom. The topological polar surface area (TPSA) is 85.1 Å². The van der Waals surface area contributed by atoms with Crippen molar-refractivity contribution in [1.29, 1.82) is 0 Å². The highest BCUT2D eigenvalue weighted by Gasteiger charge is 2.25. The third-order valence-corrected chi connectivity index (χ3v) is 4.37. The van der Waals surface area contributed by atoms with E-state index in [0.29, 0.717) is 31.1 Å². The van der Waals surface area contributed by atoms with Crippen LogP contribution in [0.4, 0.5) is 5.69 Å². The van der Waals surface area contributed by atoms with Gasteiger partial charge in [0.15, 0.2) is 18.1 Å². The van der Waals surface area contributed by atoms with Crippen LogP contribution in [0.2, 0.25) is 0 Å². The Labute approximate surface area is 158 Å². The van der Waals surface area contributed by atoms with Crippen molar-refractivity contribution >= 4 is 17.5 Å². The molecule has 2 amide bonds. The van der Waals surface area contributed by atoms with Crippen molar-refractivity contribution in [3.8, 4) is 11.5 Å². The second-order valence-electron chi connectivity index (χ2n) is 6.33. The highest BCUT2D eigenvalue weighted by molar-refractivity contribution is 5.95. The lowest BCUT2D eigenvalue weighted by molar-refractivity contribution is -0.121. The average molecular weight is 369 g/mol. The number of primary amides is 1. The molecule has 0 radical (unpaired) electrons. The molecule has 2 aromatic rings. The minimum atomic E-state index is -0.545. The first kappa shape index (κ1) is 18.7. The molecule has 1 heterocycles. The molecule has 1 saturated heterocycles. The lowest BCUT2D eigenvalue weighted by Gasteiger charge is -2.34. The molecule has 1 fully saturated rings. The summed E-state index contributed by atoms with van der Waals surface area (Å²) in [4.78, 5) is 27.3. The average Bonchev–Trinajstić information content (AvgIpc) is 2.67. The van der Waals surface area contributed by atoms with Crippen LogP contribution in [0.1, 0.15) is 5.56 Å². The van der Waals surface area contributed by atoms with E-state index in [0.717, 1.165) is 17.8 Å². The largest absolute Gasteiger partial charge is 0.493 e. The SMILES string of the molecule is COc1cc(CN2CCN(c3ccccc3)C(=O)C2)ccc1OCC(N)=O. The van der Waals surface area contributed by atoms with Crippen LogP contribution in [0.15, 0.2) is 48.5 Å². The number of rotatable bonds is 7. The number of hydrogen-bond donors (Lipinski definition) is 1. The van der Waals surface area contributed by atoms with E-state index in [1.807, 2.05) is 47.4 Å². The Bertz CT molecular complexity index is 810. The van der Waals surface area contributed by atoms with Gasteiger partial charge in [-0.1, -0.05) is 24.3 Å². The van der Waals surface area contributed by atoms with E-state index in [4.69, 9.17) is 15.2 Å². The number of methoxy groups -OCH3 is 1. The predicted molar refractivity (Wildman–Crippen MR) is 102 cm³/mol. The fraction of sp³-hybridized carbons (Fsp3) is 0.300. The van der Waals surface area contributed by atoms with E-state index in [9.17, 15) is 9.59 Å². The third kappa shape index (κ3) is 4.77. The van der Waals surface area contributed by atoms with Crippen molar-refractivity contribution in [3.63, 3.8) is 0 Å². The summed E-state index contributed by atoms with van der Waals surface area (Å²) in [5.74, 6) is 0.532. The molecule has 3 rings (SSSR count). The maximum Gasteiger partial charge on any atom is 0.255 e. The number of hydrogen-bond acceptors (Lipinski definition) is 5. The zero-order valence-electron chi connectivity index (χ0n) is 15.3. The van der Waals surface area contributed by atoms with Gasteiger partial charge >= 0.3 is 0 Å². The Hall–Kier alpha value is -3.06. The number of nitrogens with two attached hydrogens (primary N) is 1. The standard InChI is InChI=1S/C20H23N3O4/c1-26-18-11-15(7-8-17(18)27-14-19(21)24)12-22-9-10-23(20(25)13-22)16-5-3-2-4-6-16/h2-8,11H,9-10,12-14H2,1H3,(H2,21,24). The molecular formula is C20H23N3O4. The summed E-state index contributed by atoms with van der Waals surface area (Å²) >= 11 is 0. The second-order valence-corrected chi connectivity index (χ2v) is 6.33. The van der Waals surface area contributed by atoms with E-state index in [2.05, 4.69) is 4.90 Å². The van der Waals surface area contributed by atoms with Gasteiger partial charge in [0, 0.05) is 25.3 Å². The first-order chi connectivity index (χ1) is 13.1. The second kappa shape index (κ2) is 8.55. The Morgan fingerprint density at radius 3 is 2.56 bits per heavy atom. The molecular weight excluding hydrogens is 346 g/mol. The fourth-order valence-corrected chi connectivity index (χ4v) is 3.07. The molecule has 0 unspecified atom stereocenters. The summed E-state index contributed by atoms with van der Waals surface area (Å²) < 4.78 is 10.7. The molecule has 1 aliphatic rings. The van der Waals surface area contributed by atoms with Crippen molar-refractivity contribution < 1.29 is 19.1 Å². The van der Waals surface area contributed by atoms with Crippen LogP contribution >= 0.6 is 0 Å². The van der Waals surface area contributed by atoms with Crippen LogP contribution in [-0.2, 0) is 16.1 Å². The third-order valence-electron chi connectivity index (χ3n) is 4.37. The van der Waals surface area contributed by atoms with Crippen LogP contribution in [-0.4, -0.2) is 50.1 Å². The normalized spacial score (nSPS) is 14.9. The summed E-state index contributed by atoms with van der Waals surface area (Å²) in [6.07, 6.45) is 0. The van der Waals surface area contributed by atoms with Crippen molar-refractivity contribution in [2.24, 2.45) is 5.73 Å². The maximum absolute atomic E-state index is 12.5. The van der Waals surface area contributed by atoms with Gasteiger partial charge in [0.05, 0.1) is 13.7 Å². The lowest BCUT2D eigenvalue weighted by Crippen LogP contribution is -2.50. The van der Waals surface area contributed by atoms with E-state index < -0.39 is 5.91 Å². The molecule has 2 N–H and O–H groups in total. The summed E-state index contributed by atoms with van der Waals surface area (Å²) in [6, 6.07) is 15.2. The smallest absolute Gasteiger partial charge is 0.255 e. The van der Waals surface area contributed by atoms with Gasteiger partial charge in [0.25, 0.3) is 5.91 Å². The zero-order chi connectivity index (χ0) is 19.2. The van der Waals surface area contributed by atoms with Crippen molar-refractivity contribution in [1.82, 2.24) is 4.90 Å². The molecule has 0 bridgehead atoms. The number of amides is 2. The number of para-hydroxylation sites is 1. The van der Waals surface area contributed by atoms with Crippen molar-refractivity contribution in [2.45, 2.75) is 6.54 Å². The number of anilines is 1. The van der Waals surface area contributed by atoms with Crippen LogP contribution in [0.3, 0.4) is 0 Å². The molecule has 0 saturated carbocycles. The molecule has 0 aliphatic carbocycles. The lowest BCUT2D eigenvalue weighted by atomic mass is 10.1. The fourth-order valence-electron chi connectivity index (χ4n) is 3.07. The van der Waals surface area contributed by atoms with E-state index in [-0.39, 0.29) is 12.5 Å². The summed E-state index contributed by atoms with van der Waals surface area (Å²) in [5, 5.41) is 0. The molecule has 27 heavy (non-hydrogen) atoms. The van der Waals surface area contributed by atoms with Crippen LogP contribution in [0.5, 0.6) is 11.5 Å². The van der Waals surface area contributed by atoms with E-state index in [1.165, 1.54) is 0 Å². The monoisotopic (exact) mass is 369 g/mol. The molecule has 2 aromatic carbocycles. The number of benzene rings is 2. The Kier molecular flexibility index (Phi) is 5.93. The maximum atomic E-state index is 12.5. The van der Waals surface area contributed by atoms with Gasteiger partial charge in [-0.3, -0.25) is 14.5 Å². The number of nitrogens with zero attached hydrogens (tertiary/aromatic N) is 2. The Morgan fingerprint density at radius 1 is 1.11 bits per heavy atom. The van der Waals surface area contributed by atoms with Gasteiger partial charge in [0.1, 0.15) is 0 Å². The minimum absolute atomic E-state index is 0.0841. The molecule has 0 aromatic heterocycles. The summed E-state index contributed by atoms with van der Waals surface area (Å²) in [7, 11) is 1.54. The molecule has 1 aliphatic heterocycles. The number of ether oxygens (including phenoxy) is 2. The van der Waals surface area contributed by atoms with E-state index in [1.54, 1.807) is 13.2 Å². The number of piperazine rings is 1. The van der Waals surface area contributed by atoms with Gasteiger partial charge in [-0.2, -0.15) is 0 Å². The quantitative estimate of drug-likeness (QED) is 0.798. The van der Waals surface area contributed by atoms with Gasteiger partial charge < -0.3 is 20.1 Å². The summed E-state index contributed by atoms with van der Waals surface area (Å²) in [6.45, 7) is 2.21. The van der Waals surface area contributed by atoms with Crippen molar-refractivity contribution in [2.75, 3.05) is 38.3 Å². The Balaban J connectivity index is 1.63. The molecule has 0 spiro atoms. The van der Waals surface area contributed by atoms with E-state index >= 15 is 0 Å². The van der Waals surface area contributed by atoms with Crippen LogP contribution < -0.4 is 20.1 Å². The molecule has 7 nitrogen and oxygen atoms in total. The molecule has 142 valence electrons. The number of carbonyl (C=O) groups is 2. The number of carbonyl (C=O) groups excluding carboxylic acids is 2. The molecule has 7 heteroatoms. The highest BCUT2D eigenvalue weighted by atomic mass is 16.5. The first-order valence-electron chi connectivity index (χ1n) is 8.72. The van der Waals surface area contributed by atoms with Crippen LogP contribution in [0, 0.1) is 0 Å². The van der Waals surface area contributed by atoms with Gasteiger partial charge in [-0.05, 0) is 29.8 Å².